The van der Waals surface area contributed by atoms with Crippen LogP contribution in [0.4, 0.5) is 0 Å². The lowest BCUT2D eigenvalue weighted by atomic mass is 9.90. The molecule has 1 nitrogen and oxygen atoms in total. The second-order valence-electron chi connectivity index (χ2n) is 2.79. The van der Waals surface area contributed by atoms with Gasteiger partial charge in [0.15, 0.2) is 0 Å². The van der Waals surface area contributed by atoms with Crippen LogP contribution in [-0.4, -0.2) is 10.7 Å². The zero-order valence-corrected chi connectivity index (χ0v) is 7.53. The molecule has 10 heavy (non-hydrogen) atoms. The Labute approximate surface area is 67.9 Å². The molecule has 0 radical (unpaired) electrons. The molecule has 2 heteroatoms. The monoisotopic (exact) mass is 155 g/mol. The maximum atomic E-state index is 4.52. The fourth-order valence-corrected chi connectivity index (χ4v) is 0.705. The van der Waals surface area contributed by atoms with E-state index < -0.39 is 0 Å². The maximum absolute atomic E-state index is 4.52. The number of nitrogens with zero attached hydrogens (tertiary/aromatic N) is 1. The molecule has 0 aromatic rings. The highest BCUT2D eigenvalue weighted by molar-refractivity contribution is 7.78. The minimum atomic E-state index is -0.234. The largest absolute Gasteiger partial charge is 0.222 e. The van der Waals surface area contributed by atoms with Crippen molar-refractivity contribution < 1.29 is 0 Å². The van der Waals surface area contributed by atoms with Gasteiger partial charge in [0.25, 0.3) is 0 Å². The van der Waals surface area contributed by atoms with Crippen molar-refractivity contribution >= 4 is 17.4 Å². The lowest BCUT2D eigenvalue weighted by molar-refractivity contribution is 0.426. The summed E-state index contributed by atoms with van der Waals surface area (Å²) in [6.45, 7) is 9.85. The van der Waals surface area contributed by atoms with Gasteiger partial charge in [0.1, 0.15) is 0 Å². The van der Waals surface area contributed by atoms with Gasteiger partial charge in [-0.15, -0.1) is 6.58 Å². The van der Waals surface area contributed by atoms with Crippen molar-refractivity contribution in [2.45, 2.75) is 26.3 Å². The predicted octanol–water partition coefficient (Wildman–Crippen LogP) is 2.69. The first-order valence-electron chi connectivity index (χ1n) is 3.29. The standard InChI is InChI=1S/C8H13NS/c1-5-8(4,7(2)3)9-6-10/h5,7H,1H2,2-4H3. The van der Waals surface area contributed by atoms with Gasteiger partial charge in [-0.1, -0.05) is 19.9 Å². The number of aliphatic imine (C=N–C) groups is 1. The summed E-state index contributed by atoms with van der Waals surface area (Å²) in [5.74, 6) is 0.417. The van der Waals surface area contributed by atoms with Crippen molar-refractivity contribution in [1.82, 2.24) is 0 Å². The molecule has 0 aliphatic heterocycles. The Kier molecular flexibility index (Phi) is 3.48. The van der Waals surface area contributed by atoms with E-state index in [0.29, 0.717) is 5.92 Å². The minimum Gasteiger partial charge on any atom is -0.222 e. The van der Waals surface area contributed by atoms with Crippen molar-refractivity contribution in [3.8, 4) is 0 Å². The molecule has 0 bridgehead atoms. The molecule has 1 atom stereocenters. The summed E-state index contributed by atoms with van der Waals surface area (Å²) in [6, 6.07) is 0. The van der Waals surface area contributed by atoms with Crippen LogP contribution >= 0.6 is 12.2 Å². The van der Waals surface area contributed by atoms with Gasteiger partial charge in [0.05, 0.1) is 10.7 Å². The summed E-state index contributed by atoms with van der Waals surface area (Å²) in [5.41, 5.74) is -0.234. The Morgan fingerprint density at radius 2 is 2.20 bits per heavy atom. The highest BCUT2D eigenvalue weighted by atomic mass is 32.1. The van der Waals surface area contributed by atoms with Gasteiger partial charge in [-0.2, -0.15) is 0 Å². The summed E-state index contributed by atoms with van der Waals surface area (Å²) in [5, 5.41) is 2.38. The van der Waals surface area contributed by atoms with Crippen LogP contribution < -0.4 is 0 Å². The highest BCUT2D eigenvalue weighted by Crippen LogP contribution is 2.21. The van der Waals surface area contributed by atoms with Crippen molar-refractivity contribution in [2.75, 3.05) is 0 Å². The smallest absolute Gasteiger partial charge is 0.0882 e. The van der Waals surface area contributed by atoms with Crippen molar-refractivity contribution in [2.24, 2.45) is 10.9 Å². The third-order valence-electron chi connectivity index (χ3n) is 1.87. The SMILES string of the molecule is C=CC(C)(N=C=S)C(C)C. The molecule has 0 N–H and O–H groups in total. The minimum absolute atomic E-state index is 0.234. The zero-order chi connectivity index (χ0) is 8.20. The van der Waals surface area contributed by atoms with E-state index in [1.54, 1.807) is 6.08 Å². The van der Waals surface area contributed by atoms with E-state index in [-0.39, 0.29) is 5.54 Å². The van der Waals surface area contributed by atoms with Gasteiger partial charge in [0, 0.05) is 0 Å². The summed E-state index contributed by atoms with van der Waals surface area (Å²) in [7, 11) is 0. The molecule has 0 aromatic carbocycles. The molecule has 0 spiro atoms. The van der Waals surface area contributed by atoms with Crippen molar-refractivity contribution in [1.29, 1.82) is 0 Å². The maximum Gasteiger partial charge on any atom is 0.0882 e. The first-order chi connectivity index (χ1) is 4.56. The molecule has 0 aliphatic rings. The Bertz CT molecular complexity index is 168. The van der Waals surface area contributed by atoms with Gasteiger partial charge >= 0.3 is 0 Å². The third kappa shape index (κ3) is 2.05. The van der Waals surface area contributed by atoms with E-state index in [2.05, 4.69) is 42.8 Å². The molecular weight excluding hydrogens is 142 g/mol. The van der Waals surface area contributed by atoms with Crippen LogP contribution in [0.15, 0.2) is 17.6 Å². The van der Waals surface area contributed by atoms with Crippen LogP contribution in [0.25, 0.3) is 0 Å². The van der Waals surface area contributed by atoms with Crippen LogP contribution in [0, 0.1) is 5.92 Å². The second kappa shape index (κ2) is 3.65. The topological polar surface area (TPSA) is 12.4 Å². The molecule has 0 saturated heterocycles. The molecule has 0 heterocycles. The Morgan fingerprint density at radius 1 is 1.70 bits per heavy atom. The van der Waals surface area contributed by atoms with Crippen LogP contribution in [-0.2, 0) is 0 Å². The van der Waals surface area contributed by atoms with Crippen molar-refractivity contribution in [3.63, 3.8) is 0 Å². The van der Waals surface area contributed by atoms with Crippen LogP contribution in [0.3, 0.4) is 0 Å². The van der Waals surface area contributed by atoms with E-state index in [4.69, 9.17) is 0 Å². The molecule has 56 valence electrons. The fourth-order valence-electron chi connectivity index (χ4n) is 0.509. The Hall–Kier alpha value is -0.460. The van der Waals surface area contributed by atoms with E-state index >= 15 is 0 Å². The zero-order valence-electron chi connectivity index (χ0n) is 6.72. The normalized spacial score (nSPS) is 15.6. The second-order valence-corrected chi connectivity index (χ2v) is 2.97. The first-order valence-corrected chi connectivity index (χ1v) is 3.70. The average Bonchev–Trinajstić information content (AvgIpc) is 1.88. The van der Waals surface area contributed by atoms with E-state index in [1.165, 1.54) is 0 Å². The number of isothiocyanates is 1. The lowest BCUT2D eigenvalue weighted by Crippen LogP contribution is -2.25. The number of rotatable bonds is 3. The average molecular weight is 155 g/mol. The van der Waals surface area contributed by atoms with E-state index in [9.17, 15) is 0 Å². The van der Waals surface area contributed by atoms with Gasteiger partial charge in [-0.3, -0.25) is 0 Å². The summed E-state index contributed by atoms with van der Waals surface area (Å²) >= 11 is 4.52. The molecule has 0 amide bonds. The van der Waals surface area contributed by atoms with Gasteiger partial charge in [0.2, 0.25) is 0 Å². The molecule has 0 aliphatic carbocycles. The number of thiocarbonyl (C=S) groups is 1. The molecule has 0 fully saturated rings. The first kappa shape index (κ1) is 9.54. The Balaban J connectivity index is 4.53. The number of hydrogen-bond donors (Lipinski definition) is 0. The van der Waals surface area contributed by atoms with Gasteiger partial charge in [-0.25, -0.2) is 4.99 Å². The quantitative estimate of drug-likeness (QED) is 0.347. The fraction of sp³-hybridized carbons (Fsp3) is 0.625. The van der Waals surface area contributed by atoms with E-state index in [0.717, 1.165) is 0 Å². The van der Waals surface area contributed by atoms with Gasteiger partial charge < -0.3 is 0 Å². The van der Waals surface area contributed by atoms with Crippen LogP contribution in [0.5, 0.6) is 0 Å². The van der Waals surface area contributed by atoms with Crippen molar-refractivity contribution in [3.05, 3.63) is 12.7 Å². The molecule has 1 unspecified atom stereocenters. The summed E-state index contributed by atoms with van der Waals surface area (Å²) < 4.78 is 0. The molecular formula is C8H13NS. The predicted molar refractivity (Wildman–Crippen MR) is 48.5 cm³/mol. The number of hydrogen-bond acceptors (Lipinski definition) is 2. The third-order valence-corrected chi connectivity index (χ3v) is 1.96. The lowest BCUT2D eigenvalue weighted by Gasteiger charge is -2.23. The molecule has 0 saturated carbocycles. The van der Waals surface area contributed by atoms with Crippen LogP contribution in [0.2, 0.25) is 0 Å². The van der Waals surface area contributed by atoms with E-state index in [1.807, 2.05) is 6.92 Å². The summed E-state index contributed by atoms with van der Waals surface area (Å²) in [4.78, 5) is 4.02. The molecule has 0 aromatic heterocycles. The summed E-state index contributed by atoms with van der Waals surface area (Å²) in [6.07, 6.45) is 1.80. The molecule has 0 rings (SSSR count). The van der Waals surface area contributed by atoms with Gasteiger partial charge in [-0.05, 0) is 25.1 Å². The highest BCUT2D eigenvalue weighted by Gasteiger charge is 2.22. The Morgan fingerprint density at radius 3 is 2.30 bits per heavy atom. The van der Waals surface area contributed by atoms with Crippen LogP contribution in [0.1, 0.15) is 20.8 Å².